The van der Waals surface area contributed by atoms with E-state index in [2.05, 4.69) is 10.0 Å². The standard InChI is InChI=1S/C16H23ClN2O5S2/c1-4-18-15(20)11(2)24-16(21)14(9-10-25-3)19-26(22,23)13-7-5-12(17)6-8-13/h5-8,11,14,19H,4,9-10H2,1-3H3,(H,18,20)/t11-,14-/m1/s1. The molecule has 10 heteroatoms. The Bertz CT molecular complexity index is 710. The van der Waals surface area contributed by atoms with Crippen LogP contribution >= 0.6 is 23.4 Å². The van der Waals surface area contributed by atoms with Crippen LogP contribution in [0.1, 0.15) is 20.3 Å². The van der Waals surface area contributed by atoms with Gasteiger partial charge >= 0.3 is 5.97 Å². The van der Waals surface area contributed by atoms with E-state index in [1.165, 1.54) is 43.0 Å². The highest BCUT2D eigenvalue weighted by molar-refractivity contribution is 7.98. The van der Waals surface area contributed by atoms with Crippen LogP contribution in [0, 0.1) is 0 Å². The van der Waals surface area contributed by atoms with E-state index in [0.29, 0.717) is 17.3 Å². The van der Waals surface area contributed by atoms with Gasteiger partial charge in [-0.2, -0.15) is 16.5 Å². The lowest BCUT2D eigenvalue weighted by Crippen LogP contribution is -2.45. The second-order valence-electron chi connectivity index (χ2n) is 5.38. The minimum absolute atomic E-state index is 0.0133. The maximum Gasteiger partial charge on any atom is 0.324 e. The highest BCUT2D eigenvalue weighted by Gasteiger charge is 2.29. The van der Waals surface area contributed by atoms with Crippen molar-refractivity contribution in [1.29, 1.82) is 0 Å². The summed E-state index contributed by atoms with van der Waals surface area (Å²) >= 11 is 7.23. The third-order valence-electron chi connectivity index (χ3n) is 3.33. The number of hydrogen-bond donors (Lipinski definition) is 2. The van der Waals surface area contributed by atoms with Crippen molar-refractivity contribution in [3.05, 3.63) is 29.3 Å². The summed E-state index contributed by atoms with van der Waals surface area (Å²) in [7, 11) is -3.94. The molecule has 0 saturated heterocycles. The van der Waals surface area contributed by atoms with E-state index in [9.17, 15) is 18.0 Å². The van der Waals surface area contributed by atoms with Gasteiger partial charge in [0.15, 0.2) is 6.10 Å². The maximum absolute atomic E-state index is 12.5. The summed E-state index contributed by atoms with van der Waals surface area (Å²) in [5, 5.41) is 2.94. The summed E-state index contributed by atoms with van der Waals surface area (Å²) in [5.41, 5.74) is 0. The van der Waals surface area contributed by atoms with Gasteiger partial charge in [-0.15, -0.1) is 0 Å². The molecule has 1 aromatic rings. The number of carbonyl (C=O) groups excluding carboxylic acids is 2. The first-order chi connectivity index (χ1) is 12.2. The van der Waals surface area contributed by atoms with Crippen LogP contribution in [0.5, 0.6) is 0 Å². The van der Waals surface area contributed by atoms with Gasteiger partial charge < -0.3 is 10.1 Å². The SMILES string of the molecule is CCNC(=O)[C@@H](C)OC(=O)[C@@H](CCSC)NS(=O)(=O)c1ccc(Cl)cc1. The van der Waals surface area contributed by atoms with Crippen molar-refractivity contribution in [3.8, 4) is 0 Å². The van der Waals surface area contributed by atoms with E-state index in [1.54, 1.807) is 6.92 Å². The molecule has 0 spiro atoms. The van der Waals surface area contributed by atoms with E-state index in [-0.39, 0.29) is 11.3 Å². The molecule has 0 saturated carbocycles. The Morgan fingerprint density at radius 3 is 2.42 bits per heavy atom. The summed E-state index contributed by atoms with van der Waals surface area (Å²) < 4.78 is 32.5. The number of thioether (sulfide) groups is 1. The molecule has 26 heavy (non-hydrogen) atoms. The molecule has 1 rings (SSSR count). The molecule has 7 nitrogen and oxygen atoms in total. The monoisotopic (exact) mass is 422 g/mol. The number of amides is 1. The Morgan fingerprint density at radius 2 is 1.88 bits per heavy atom. The van der Waals surface area contributed by atoms with E-state index in [0.717, 1.165) is 0 Å². The average Bonchev–Trinajstić information content (AvgIpc) is 2.58. The minimum atomic E-state index is -3.94. The van der Waals surface area contributed by atoms with Crippen molar-refractivity contribution >= 4 is 45.3 Å². The average molecular weight is 423 g/mol. The third kappa shape index (κ3) is 7.14. The fourth-order valence-corrected chi connectivity index (χ4v) is 3.77. The van der Waals surface area contributed by atoms with Crippen molar-refractivity contribution in [1.82, 2.24) is 10.0 Å². The van der Waals surface area contributed by atoms with E-state index in [1.807, 2.05) is 6.26 Å². The smallest absolute Gasteiger partial charge is 0.324 e. The number of carbonyl (C=O) groups is 2. The number of halogens is 1. The Morgan fingerprint density at radius 1 is 1.27 bits per heavy atom. The molecule has 2 atom stereocenters. The first-order valence-corrected chi connectivity index (χ1v) is 11.2. The van der Waals surface area contributed by atoms with E-state index < -0.39 is 34.0 Å². The molecular formula is C16H23ClN2O5S2. The highest BCUT2D eigenvalue weighted by Crippen LogP contribution is 2.15. The molecule has 146 valence electrons. The zero-order chi connectivity index (χ0) is 19.7. The van der Waals surface area contributed by atoms with Gasteiger partial charge in [-0.1, -0.05) is 11.6 Å². The van der Waals surface area contributed by atoms with Gasteiger partial charge in [0.1, 0.15) is 6.04 Å². The number of hydrogen-bond acceptors (Lipinski definition) is 6. The van der Waals surface area contributed by atoms with E-state index in [4.69, 9.17) is 16.3 Å². The van der Waals surface area contributed by atoms with Gasteiger partial charge in [0.2, 0.25) is 10.0 Å². The molecular weight excluding hydrogens is 400 g/mol. The van der Waals surface area contributed by atoms with Crippen molar-refractivity contribution in [2.45, 2.75) is 37.3 Å². The normalized spacial score (nSPS) is 13.7. The van der Waals surface area contributed by atoms with Crippen molar-refractivity contribution < 1.29 is 22.7 Å². The number of sulfonamides is 1. The molecule has 0 heterocycles. The lowest BCUT2D eigenvalue weighted by molar-refractivity contribution is -0.156. The van der Waals surface area contributed by atoms with Gasteiger partial charge in [-0.05, 0) is 56.5 Å². The summed E-state index contributed by atoms with van der Waals surface area (Å²) in [4.78, 5) is 24.1. The van der Waals surface area contributed by atoms with Crippen LogP contribution in [0.2, 0.25) is 5.02 Å². The minimum Gasteiger partial charge on any atom is -0.451 e. The lowest BCUT2D eigenvalue weighted by atomic mass is 10.2. The van der Waals surface area contributed by atoms with Gasteiger partial charge in [0.05, 0.1) is 4.90 Å². The molecule has 0 unspecified atom stereocenters. The first kappa shape index (κ1) is 22.8. The fraction of sp³-hybridized carbons (Fsp3) is 0.500. The number of likely N-dealkylation sites (N-methyl/N-ethyl adjacent to an activating group) is 1. The van der Waals surface area contributed by atoms with Crippen LogP contribution in [-0.4, -0.2) is 51.0 Å². The second kappa shape index (κ2) is 10.8. The van der Waals surface area contributed by atoms with Crippen LogP contribution < -0.4 is 10.0 Å². The highest BCUT2D eigenvalue weighted by atomic mass is 35.5. The summed E-state index contributed by atoms with van der Waals surface area (Å²) in [6.07, 6.45) is 1.06. The molecule has 0 aliphatic heterocycles. The lowest BCUT2D eigenvalue weighted by Gasteiger charge is -2.20. The number of esters is 1. The molecule has 1 amide bonds. The quantitative estimate of drug-likeness (QED) is 0.557. The Labute approximate surface area is 163 Å². The number of ether oxygens (including phenoxy) is 1. The Kier molecular flexibility index (Phi) is 9.42. The molecule has 0 aliphatic carbocycles. The molecule has 0 radical (unpaired) electrons. The number of nitrogens with one attached hydrogen (secondary N) is 2. The van der Waals surface area contributed by atoms with Crippen molar-refractivity contribution in [2.24, 2.45) is 0 Å². The Balaban J connectivity index is 2.89. The second-order valence-corrected chi connectivity index (χ2v) is 8.52. The molecule has 0 fully saturated rings. The predicted molar refractivity (Wildman–Crippen MR) is 103 cm³/mol. The topological polar surface area (TPSA) is 102 Å². The predicted octanol–water partition coefficient (Wildman–Crippen LogP) is 1.81. The van der Waals surface area contributed by atoms with Crippen LogP contribution in [0.15, 0.2) is 29.2 Å². The molecule has 1 aromatic carbocycles. The van der Waals surface area contributed by atoms with Crippen LogP contribution in [0.4, 0.5) is 0 Å². The van der Waals surface area contributed by atoms with Crippen LogP contribution in [-0.2, 0) is 24.3 Å². The number of rotatable bonds is 10. The Hall–Kier alpha value is -1.29. The van der Waals surface area contributed by atoms with Gasteiger partial charge in [0, 0.05) is 11.6 Å². The van der Waals surface area contributed by atoms with Gasteiger partial charge in [0.25, 0.3) is 5.91 Å². The summed E-state index contributed by atoms with van der Waals surface area (Å²) in [6, 6.07) is 4.49. The first-order valence-electron chi connectivity index (χ1n) is 7.96. The van der Waals surface area contributed by atoms with Gasteiger partial charge in [-0.3, -0.25) is 9.59 Å². The fourth-order valence-electron chi connectivity index (χ4n) is 1.96. The zero-order valence-electron chi connectivity index (χ0n) is 14.8. The molecule has 0 aromatic heterocycles. The third-order valence-corrected chi connectivity index (χ3v) is 5.71. The van der Waals surface area contributed by atoms with Crippen molar-refractivity contribution in [3.63, 3.8) is 0 Å². The van der Waals surface area contributed by atoms with E-state index >= 15 is 0 Å². The molecule has 0 bridgehead atoms. The van der Waals surface area contributed by atoms with Gasteiger partial charge in [-0.25, -0.2) is 8.42 Å². The van der Waals surface area contributed by atoms with Crippen molar-refractivity contribution in [2.75, 3.05) is 18.6 Å². The summed E-state index contributed by atoms with van der Waals surface area (Å²) in [5.74, 6) is -0.696. The summed E-state index contributed by atoms with van der Waals surface area (Å²) in [6.45, 7) is 3.58. The maximum atomic E-state index is 12.5. The molecule has 0 aliphatic rings. The number of benzene rings is 1. The van der Waals surface area contributed by atoms with Crippen LogP contribution in [0.25, 0.3) is 0 Å². The molecule has 2 N–H and O–H groups in total. The van der Waals surface area contributed by atoms with Crippen LogP contribution in [0.3, 0.4) is 0 Å². The zero-order valence-corrected chi connectivity index (χ0v) is 17.2. The largest absolute Gasteiger partial charge is 0.451 e.